The second-order valence-electron chi connectivity index (χ2n) is 5.18. The van der Waals surface area contributed by atoms with E-state index >= 15 is 0 Å². The quantitative estimate of drug-likeness (QED) is 0.614. The highest BCUT2D eigenvalue weighted by molar-refractivity contribution is 7.99. The molecule has 1 atom stereocenters. The van der Waals surface area contributed by atoms with Gasteiger partial charge in [-0.15, -0.1) is 10.2 Å². The Kier molecular flexibility index (Phi) is 6.01. The van der Waals surface area contributed by atoms with Gasteiger partial charge >= 0.3 is 0 Å². The summed E-state index contributed by atoms with van der Waals surface area (Å²) in [5.74, 6) is 2.49. The molecule has 0 aliphatic rings. The molecule has 24 heavy (non-hydrogen) atoms. The molecule has 3 rings (SSSR count). The number of ether oxygens (including phenoxy) is 1. The number of rotatable bonds is 8. The van der Waals surface area contributed by atoms with Crippen molar-refractivity contribution >= 4 is 34.3 Å². The summed E-state index contributed by atoms with van der Waals surface area (Å²) in [5.41, 5.74) is 0. The first kappa shape index (κ1) is 17.1. The van der Waals surface area contributed by atoms with Crippen molar-refractivity contribution in [1.29, 1.82) is 0 Å². The Morgan fingerprint density at radius 2 is 2.00 bits per heavy atom. The third-order valence-electron chi connectivity index (χ3n) is 3.28. The summed E-state index contributed by atoms with van der Waals surface area (Å²) in [6.45, 7) is 0.219. The molecule has 1 aromatic heterocycles. The van der Waals surface area contributed by atoms with Gasteiger partial charge in [0.1, 0.15) is 12.4 Å². The van der Waals surface area contributed by atoms with Gasteiger partial charge in [0.05, 0.1) is 11.9 Å². The molecule has 1 unspecified atom stereocenters. The van der Waals surface area contributed by atoms with Gasteiger partial charge in [-0.05, 0) is 29.2 Å². The van der Waals surface area contributed by atoms with Gasteiger partial charge in [0.2, 0.25) is 5.89 Å². The lowest BCUT2D eigenvalue weighted by Crippen LogP contribution is -2.20. The molecule has 7 heteroatoms. The molecule has 3 aromatic rings. The highest BCUT2D eigenvalue weighted by Gasteiger charge is 2.11. The van der Waals surface area contributed by atoms with Crippen LogP contribution in [0.1, 0.15) is 5.89 Å². The number of hydrogen-bond acceptors (Lipinski definition) is 7. The Morgan fingerprint density at radius 1 is 1.17 bits per heavy atom. The van der Waals surface area contributed by atoms with E-state index in [4.69, 9.17) is 9.15 Å². The molecule has 0 amide bonds. The van der Waals surface area contributed by atoms with E-state index in [1.165, 1.54) is 17.1 Å². The van der Waals surface area contributed by atoms with Crippen LogP contribution in [0.15, 0.2) is 52.1 Å². The maximum Gasteiger partial charge on any atom is 0.276 e. The SMILES string of the molecule is CSCc1nnc(SCC(O)COc2ccc3ccccc3c2)o1. The summed E-state index contributed by atoms with van der Waals surface area (Å²) in [6, 6.07) is 14.0. The van der Waals surface area contributed by atoms with Gasteiger partial charge in [0.25, 0.3) is 5.22 Å². The number of benzene rings is 2. The first-order valence-corrected chi connectivity index (χ1v) is 9.86. The fraction of sp³-hybridized carbons (Fsp3) is 0.294. The van der Waals surface area contributed by atoms with Crippen LogP contribution in [0.2, 0.25) is 0 Å². The summed E-state index contributed by atoms with van der Waals surface area (Å²) < 4.78 is 11.1. The van der Waals surface area contributed by atoms with Gasteiger partial charge in [0, 0.05) is 5.75 Å². The van der Waals surface area contributed by atoms with E-state index in [9.17, 15) is 5.11 Å². The molecule has 0 aliphatic heterocycles. The number of hydrogen-bond donors (Lipinski definition) is 1. The molecule has 0 radical (unpaired) electrons. The standard InChI is InChI=1S/C17H18N2O3S2/c1-23-11-16-18-19-17(22-16)24-10-14(20)9-21-15-7-6-12-4-2-3-5-13(12)8-15/h2-8,14,20H,9-11H2,1H3. The summed E-state index contributed by atoms with van der Waals surface area (Å²) in [4.78, 5) is 0. The van der Waals surface area contributed by atoms with E-state index in [1.807, 2.05) is 42.7 Å². The van der Waals surface area contributed by atoms with Crippen LogP contribution in [0.4, 0.5) is 0 Å². The minimum atomic E-state index is -0.614. The largest absolute Gasteiger partial charge is 0.491 e. The van der Waals surface area contributed by atoms with Gasteiger partial charge < -0.3 is 14.3 Å². The molecule has 1 heterocycles. The van der Waals surface area contributed by atoms with Gasteiger partial charge in [0.15, 0.2) is 0 Å². The van der Waals surface area contributed by atoms with Gasteiger partial charge in [-0.3, -0.25) is 0 Å². The van der Waals surface area contributed by atoms with Crippen LogP contribution >= 0.6 is 23.5 Å². The molecule has 0 aliphatic carbocycles. The number of aromatic nitrogens is 2. The lowest BCUT2D eigenvalue weighted by atomic mass is 10.1. The minimum absolute atomic E-state index is 0.219. The van der Waals surface area contributed by atoms with Gasteiger partial charge in [-0.1, -0.05) is 42.1 Å². The Balaban J connectivity index is 1.48. The molecule has 1 N–H and O–H groups in total. The lowest BCUT2D eigenvalue weighted by Gasteiger charge is -2.11. The molecule has 2 aromatic carbocycles. The number of nitrogens with zero attached hydrogens (tertiary/aromatic N) is 2. The topological polar surface area (TPSA) is 68.4 Å². The maximum atomic E-state index is 10.1. The zero-order valence-electron chi connectivity index (χ0n) is 13.2. The second-order valence-corrected chi connectivity index (χ2v) is 7.02. The average molecular weight is 362 g/mol. The zero-order valence-corrected chi connectivity index (χ0v) is 14.8. The monoisotopic (exact) mass is 362 g/mol. The number of thioether (sulfide) groups is 2. The smallest absolute Gasteiger partial charge is 0.276 e. The molecule has 5 nitrogen and oxygen atoms in total. The number of fused-ring (bicyclic) bond motifs is 1. The van der Waals surface area contributed by atoms with E-state index in [0.29, 0.717) is 22.6 Å². The summed E-state index contributed by atoms with van der Waals surface area (Å²) in [7, 11) is 0. The minimum Gasteiger partial charge on any atom is -0.491 e. The van der Waals surface area contributed by atoms with Crippen LogP contribution in [-0.4, -0.2) is 40.0 Å². The van der Waals surface area contributed by atoms with Crippen LogP contribution in [0, 0.1) is 0 Å². The molecule has 0 saturated carbocycles. The van der Waals surface area contributed by atoms with Crippen LogP contribution in [0.5, 0.6) is 5.75 Å². The van der Waals surface area contributed by atoms with Crippen LogP contribution in [-0.2, 0) is 5.75 Å². The Hall–Kier alpha value is -1.70. The number of aliphatic hydroxyl groups excluding tert-OH is 1. The van der Waals surface area contributed by atoms with Crippen molar-refractivity contribution in [3.8, 4) is 5.75 Å². The van der Waals surface area contributed by atoms with Crippen molar-refractivity contribution in [2.45, 2.75) is 17.1 Å². The first-order valence-electron chi connectivity index (χ1n) is 7.48. The molecule has 0 fully saturated rings. The van der Waals surface area contributed by atoms with E-state index in [0.717, 1.165) is 11.1 Å². The van der Waals surface area contributed by atoms with Crippen molar-refractivity contribution in [3.05, 3.63) is 48.4 Å². The first-order chi connectivity index (χ1) is 11.7. The van der Waals surface area contributed by atoms with E-state index < -0.39 is 6.10 Å². The molecule has 126 valence electrons. The Labute approximate surface area is 148 Å². The van der Waals surface area contributed by atoms with E-state index in [-0.39, 0.29) is 6.61 Å². The summed E-state index contributed by atoms with van der Waals surface area (Å²) in [5, 5.41) is 20.7. The lowest BCUT2D eigenvalue weighted by molar-refractivity contribution is 0.126. The van der Waals surface area contributed by atoms with Crippen molar-refractivity contribution in [2.24, 2.45) is 0 Å². The molecule has 0 spiro atoms. The predicted molar refractivity (Wildman–Crippen MR) is 97.7 cm³/mol. The summed E-state index contributed by atoms with van der Waals surface area (Å²) >= 11 is 2.96. The molecular formula is C17H18N2O3S2. The molecular weight excluding hydrogens is 344 g/mol. The van der Waals surface area contributed by atoms with E-state index in [1.54, 1.807) is 11.8 Å². The van der Waals surface area contributed by atoms with E-state index in [2.05, 4.69) is 16.3 Å². The van der Waals surface area contributed by atoms with Crippen molar-refractivity contribution in [3.63, 3.8) is 0 Å². The maximum absolute atomic E-state index is 10.1. The highest BCUT2D eigenvalue weighted by Crippen LogP contribution is 2.22. The third kappa shape index (κ3) is 4.66. The number of aliphatic hydroxyl groups is 1. The summed E-state index contributed by atoms with van der Waals surface area (Å²) in [6.07, 6.45) is 1.36. The van der Waals surface area contributed by atoms with Crippen molar-refractivity contribution in [1.82, 2.24) is 10.2 Å². The average Bonchev–Trinajstić information content (AvgIpc) is 3.06. The van der Waals surface area contributed by atoms with Crippen LogP contribution in [0.25, 0.3) is 10.8 Å². The normalized spacial score (nSPS) is 12.4. The highest BCUT2D eigenvalue weighted by atomic mass is 32.2. The van der Waals surface area contributed by atoms with Crippen LogP contribution in [0.3, 0.4) is 0 Å². The fourth-order valence-electron chi connectivity index (χ4n) is 2.14. The predicted octanol–water partition coefficient (Wildman–Crippen LogP) is 3.62. The van der Waals surface area contributed by atoms with Gasteiger partial charge in [-0.25, -0.2) is 0 Å². The fourth-order valence-corrected chi connectivity index (χ4v) is 3.19. The van der Waals surface area contributed by atoms with Crippen molar-refractivity contribution in [2.75, 3.05) is 18.6 Å². The van der Waals surface area contributed by atoms with Gasteiger partial charge in [-0.2, -0.15) is 11.8 Å². The van der Waals surface area contributed by atoms with Crippen molar-refractivity contribution < 1.29 is 14.3 Å². The second kappa shape index (κ2) is 8.41. The molecule has 0 saturated heterocycles. The Bertz CT molecular complexity index is 794. The zero-order chi connectivity index (χ0) is 16.8. The molecule has 0 bridgehead atoms. The third-order valence-corrected chi connectivity index (χ3v) is 4.78. The Morgan fingerprint density at radius 3 is 2.83 bits per heavy atom. The van der Waals surface area contributed by atoms with Crippen LogP contribution < -0.4 is 4.74 Å².